The second-order valence-corrected chi connectivity index (χ2v) is 6.77. The van der Waals surface area contributed by atoms with Crippen molar-refractivity contribution in [3.8, 4) is 0 Å². The van der Waals surface area contributed by atoms with Crippen molar-refractivity contribution in [2.24, 2.45) is 17.6 Å². The second kappa shape index (κ2) is 7.99. The van der Waals surface area contributed by atoms with E-state index in [0.717, 1.165) is 32.4 Å². The van der Waals surface area contributed by atoms with Crippen LogP contribution in [-0.2, 0) is 4.79 Å². The maximum absolute atomic E-state index is 12.3. The number of nitrogens with zero attached hydrogens (tertiary/aromatic N) is 1. The number of carbonyl (C=O) groups excluding carboxylic acids is 1. The maximum Gasteiger partial charge on any atom is 0.224 e. The molecule has 0 bridgehead atoms. The Bertz CT molecular complexity index is 302. The molecule has 0 aromatic carbocycles. The van der Waals surface area contributed by atoms with Crippen molar-refractivity contribution in [1.82, 2.24) is 10.2 Å². The van der Waals surface area contributed by atoms with Gasteiger partial charge in [-0.25, -0.2) is 0 Å². The van der Waals surface area contributed by atoms with E-state index in [1.165, 1.54) is 38.8 Å². The van der Waals surface area contributed by atoms with Crippen LogP contribution in [-0.4, -0.2) is 43.0 Å². The van der Waals surface area contributed by atoms with E-state index in [4.69, 9.17) is 5.73 Å². The molecule has 1 saturated carbocycles. The van der Waals surface area contributed by atoms with Crippen LogP contribution < -0.4 is 11.1 Å². The topological polar surface area (TPSA) is 58.4 Å². The Labute approximate surface area is 123 Å². The molecule has 1 aliphatic heterocycles. The molecule has 4 nitrogen and oxygen atoms in total. The molecule has 4 heteroatoms. The molecule has 0 aromatic heterocycles. The van der Waals surface area contributed by atoms with Crippen molar-refractivity contribution < 1.29 is 4.79 Å². The first kappa shape index (κ1) is 15.8. The molecule has 1 amide bonds. The van der Waals surface area contributed by atoms with Gasteiger partial charge < -0.3 is 16.0 Å². The average Bonchev–Trinajstić information content (AvgIpc) is 2.83. The molecule has 0 radical (unpaired) electrons. The Morgan fingerprint density at radius 1 is 1.20 bits per heavy atom. The molecule has 0 aromatic rings. The Kier molecular flexibility index (Phi) is 6.30. The summed E-state index contributed by atoms with van der Waals surface area (Å²) in [5, 5.41) is 3.14. The standard InChI is InChI=1S/C16H31N3O/c1-13(12-19-9-5-6-10-19)11-18-16(20)14-7-3-2-4-8-15(14)17/h13-15H,2-12,17H2,1H3,(H,18,20). The van der Waals surface area contributed by atoms with Crippen LogP contribution in [0.4, 0.5) is 0 Å². The predicted octanol–water partition coefficient (Wildman–Crippen LogP) is 1.74. The lowest BCUT2D eigenvalue weighted by molar-refractivity contribution is -0.126. The fourth-order valence-electron chi connectivity index (χ4n) is 3.54. The average molecular weight is 281 g/mol. The van der Waals surface area contributed by atoms with Crippen molar-refractivity contribution in [3.63, 3.8) is 0 Å². The van der Waals surface area contributed by atoms with Crippen LogP contribution in [0.5, 0.6) is 0 Å². The third kappa shape index (κ3) is 4.74. The number of hydrogen-bond donors (Lipinski definition) is 2. The Hall–Kier alpha value is -0.610. The van der Waals surface area contributed by atoms with E-state index in [-0.39, 0.29) is 17.9 Å². The molecule has 20 heavy (non-hydrogen) atoms. The largest absolute Gasteiger partial charge is 0.355 e. The first-order valence-electron chi connectivity index (χ1n) is 8.42. The number of nitrogens with two attached hydrogens (primary N) is 1. The van der Waals surface area contributed by atoms with E-state index in [0.29, 0.717) is 5.92 Å². The van der Waals surface area contributed by atoms with E-state index < -0.39 is 0 Å². The highest BCUT2D eigenvalue weighted by Gasteiger charge is 2.27. The van der Waals surface area contributed by atoms with Crippen molar-refractivity contribution in [2.75, 3.05) is 26.2 Å². The minimum absolute atomic E-state index is 0.0384. The van der Waals surface area contributed by atoms with Crippen molar-refractivity contribution in [2.45, 2.75) is 57.9 Å². The first-order valence-corrected chi connectivity index (χ1v) is 8.42. The van der Waals surface area contributed by atoms with Gasteiger partial charge in [0.15, 0.2) is 0 Å². The zero-order chi connectivity index (χ0) is 14.4. The summed E-state index contributed by atoms with van der Waals surface area (Å²) in [7, 11) is 0. The molecular formula is C16H31N3O. The number of likely N-dealkylation sites (tertiary alicyclic amines) is 1. The highest BCUT2D eigenvalue weighted by Crippen LogP contribution is 2.22. The van der Waals surface area contributed by atoms with E-state index in [1.54, 1.807) is 0 Å². The molecule has 3 unspecified atom stereocenters. The highest BCUT2D eigenvalue weighted by molar-refractivity contribution is 5.79. The van der Waals surface area contributed by atoms with Gasteiger partial charge in [-0.2, -0.15) is 0 Å². The van der Waals surface area contributed by atoms with Crippen molar-refractivity contribution >= 4 is 5.91 Å². The Morgan fingerprint density at radius 3 is 2.65 bits per heavy atom. The van der Waals surface area contributed by atoms with E-state index in [1.807, 2.05) is 0 Å². The summed E-state index contributed by atoms with van der Waals surface area (Å²) >= 11 is 0. The van der Waals surface area contributed by atoms with Gasteiger partial charge >= 0.3 is 0 Å². The number of amides is 1. The highest BCUT2D eigenvalue weighted by atomic mass is 16.1. The maximum atomic E-state index is 12.3. The molecule has 2 fully saturated rings. The lowest BCUT2D eigenvalue weighted by Crippen LogP contribution is -2.43. The SMILES string of the molecule is CC(CNC(=O)C1CCCCCC1N)CN1CCCC1. The molecule has 116 valence electrons. The first-order chi connectivity index (χ1) is 9.66. The van der Waals surface area contributed by atoms with Gasteiger partial charge in [-0.15, -0.1) is 0 Å². The molecular weight excluding hydrogens is 250 g/mol. The van der Waals surface area contributed by atoms with Crippen LogP contribution in [0.3, 0.4) is 0 Å². The van der Waals surface area contributed by atoms with Crippen LogP contribution in [0, 0.1) is 11.8 Å². The summed E-state index contributed by atoms with van der Waals surface area (Å²) < 4.78 is 0. The number of rotatable bonds is 5. The third-order valence-electron chi connectivity index (χ3n) is 4.80. The molecule has 1 saturated heterocycles. The van der Waals surface area contributed by atoms with E-state index in [2.05, 4.69) is 17.1 Å². The zero-order valence-corrected chi connectivity index (χ0v) is 12.9. The van der Waals surface area contributed by atoms with Gasteiger partial charge in [0.2, 0.25) is 5.91 Å². The van der Waals surface area contributed by atoms with E-state index >= 15 is 0 Å². The van der Waals surface area contributed by atoms with Gasteiger partial charge in [0.25, 0.3) is 0 Å². The predicted molar refractivity (Wildman–Crippen MR) is 82.4 cm³/mol. The van der Waals surface area contributed by atoms with Gasteiger partial charge in [0.1, 0.15) is 0 Å². The van der Waals surface area contributed by atoms with Crippen LogP contribution in [0.1, 0.15) is 51.9 Å². The van der Waals surface area contributed by atoms with Crippen molar-refractivity contribution in [1.29, 1.82) is 0 Å². The number of hydrogen-bond acceptors (Lipinski definition) is 3. The lowest BCUT2D eigenvalue weighted by Gasteiger charge is -2.24. The summed E-state index contributed by atoms with van der Waals surface area (Å²) in [6.45, 7) is 6.58. The normalized spacial score (nSPS) is 29.9. The smallest absolute Gasteiger partial charge is 0.224 e. The molecule has 3 atom stereocenters. The Balaban J connectivity index is 1.70. The van der Waals surface area contributed by atoms with E-state index in [9.17, 15) is 4.79 Å². The molecule has 1 heterocycles. The molecule has 1 aliphatic carbocycles. The molecule has 0 spiro atoms. The lowest BCUT2D eigenvalue weighted by atomic mass is 9.94. The summed E-state index contributed by atoms with van der Waals surface area (Å²) in [6, 6.07) is 0.0615. The molecule has 2 aliphatic rings. The quantitative estimate of drug-likeness (QED) is 0.755. The van der Waals surface area contributed by atoms with Crippen LogP contribution in [0.2, 0.25) is 0 Å². The summed E-state index contributed by atoms with van der Waals surface area (Å²) in [5.41, 5.74) is 6.15. The Morgan fingerprint density at radius 2 is 1.90 bits per heavy atom. The third-order valence-corrected chi connectivity index (χ3v) is 4.80. The van der Waals surface area contributed by atoms with Gasteiger partial charge in [-0.1, -0.05) is 26.2 Å². The fraction of sp³-hybridized carbons (Fsp3) is 0.938. The minimum Gasteiger partial charge on any atom is -0.355 e. The van der Waals surface area contributed by atoms with Gasteiger partial charge in [-0.3, -0.25) is 4.79 Å². The number of carbonyl (C=O) groups is 1. The number of nitrogens with one attached hydrogen (secondary N) is 1. The minimum atomic E-state index is 0.0384. The van der Waals surface area contributed by atoms with Gasteiger partial charge in [0, 0.05) is 19.1 Å². The molecule has 3 N–H and O–H groups in total. The fourth-order valence-corrected chi connectivity index (χ4v) is 3.54. The monoisotopic (exact) mass is 281 g/mol. The van der Waals surface area contributed by atoms with Crippen LogP contribution in [0.15, 0.2) is 0 Å². The van der Waals surface area contributed by atoms with Crippen molar-refractivity contribution in [3.05, 3.63) is 0 Å². The van der Waals surface area contributed by atoms with Crippen LogP contribution >= 0.6 is 0 Å². The van der Waals surface area contributed by atoms with Gasteiger partial charge in [-0.05, 0) is 44.7 Å². The molecule has 2 rings (SSSR count). The second-order valence-electron chi connectivity index (χ2n) is 6.77. The summed E-state index contributed by atoms with van der Waals surface area (Å²) in [6.07, 6.45) is 8.18. The zero-order valence-electron chi connectivity index (χ0n) is 12.9. The summed E-state index contributed by atoms with van der Waals surface area (Å²) in [4.78, 5) is 14.8. The van der Waals surface area contributed by atoms with Gasteiger partial charge in [0.05, 0.1) is 5.92 Å². The van der Waals surface area contributed by atoms with Crippen LogP contribution in [0.25, 0.3) is 0 Å². The summed E-state index contributed by atoms with van der Waals surface area (Å²) in [5.74, 6) is 0.753.